The van der Waals surface area contributed by atoms with Gasteiger partial charge >= 0.3 is 0 Å². The molecule has 5 rings (SSSR count). The van der Waals surface area contributed by atoms with Crippen molar-refractivity contribution in [2.45, 2.75) is 17.9 Å². The molecular formula is C22H18ClFN4O2S. The van der Waals surface area contributed by atoms with Crippen LogP contribution in [0.1, 0.15) is 17.7 Å². The van der Waals surface area contributed by atoms with Crippen molar-refractivity contribution in [3.05, 3.63) is 70.6 Å². The van der Waals surface area contributed by atoms with Gasteiger partial charge in [-0.3, -0.25) is 9.59 Å². The van der Waals surface area contributed by atoms with E-state index in [1.165, 1.54) is 17.0 Å². The minimum atomic E-state index is -0.504. The Balaban J connectivity index is 1.39. The summed E-state index contributed by atoms with van der Waals surface area (Å²) in [4.78, 5) is 27.1. The molecule has 3 aromatic rings. The van der Waals surface area contributed by atoms with Gasteiger partial charge in [0.1, 0.15) is 11.6 Å². The number of halogens is 2. The average molecular weight is 457 g/mol. The first-order valence-corrected chi connectivity index (χ1v) is 11.3. The SMILES string of the molecule is O=C(Nc1c2c(nn1-c1ccc(Cl)cc1)CSC2)C1CC(=O)N(c2ccc(F)cc2)C1. The van der Waals surface area contributed by atoms with Crippen molar-refractivity contribution < 1.29 is 14.0 Å². The molecule has 1 unspecified atom stereocenters. The molecule has 6 nitrogen and oxygen atoms in total. The quantitative estimate of drug-likeness (QED) is 0.631. The van der Waals surface area contributed by atoms with Crippen molar-refractivity contribution in [2.75, 3.05) is 16.8 Å². The van der Waals surface area contributed by atoms with E-state index in [0.29, 0.717) is 16.5 Å². The zero-order valence-corrected chi connectivity index (χ0v) is 17.9. The maximum atomic E-state index is 13.2. The van der Waals surface area contributed by atoms with Gasteiger partial charge in [-0.15, -0.1) is 0 Å². The smallest absolute Gasteiger partial charge is 0.230 e. The predicted octanol–water partition coefficient (Wildman–Crippen LogP) is 4.40. The molecule has 2 aliphatic heterocycles. The van der Waals surface area contributed by atoms with Gasteiger partial charge in [0.15, 0.2) is 0 Å². The monoisotopic (exact) mass is 456 g/mol. The summed E-state index contributed by atoms with van der Waals surface area (Å²) in [5, 5.41) is 8.33. The number of nitrogens with zero attached hydrogens (tertiary/aromatic N) is 3. The van der Waals surface area contributed by atoms with Crippen LogP contribution in [0.5, 0.6) is 0 Å². The molecule has 31 heavy (non-hydrogen) atoms. The average Bonchev–Trinajstić information content (AvgIpc) is 3.45. The maximum Gasteiger partial charge on any atom is 0.230 e. The zero-order valence-electron chi connectivity index (χ0n) is 16.3. The number of amides is 2. The highest BCUT2D eigenvalue weighted by molar-refractivity contribution is 7.98. The minimum absolute atomic E-state index is 0.106. The number of anilines is 2. The number of aromatic nitrogens is 2. The van der Waals surface area contributed by atoms with Crippen LogP contribution in [0.4, 0.5) is 15.9 Å². The van der Waals surface area contributed by atoms with E-state index in [4.69, 9.17) is 11.6 Å². The Morgan fingerprint density at radius 2 is 1.81 bits per heavy atom. The molecule has 1 aromatic heterocycles. The first-order chi connectivity index (χ1) is 15.0. The maximum absolute atomic E-state index is 13.2. The highest BCUT2D eigenvalue weighted by Crippen LogP contribution is 2.37. The van der Waals surface area contributed by atoms with E-state index in [1.807, 2.05) is 12.1 Å². The minimum Gasteiger partial charge on any atom is -0.312 e. The molecule has 1 fully saturated rings. The second-order valence-corrected chi connectivity index (χ2v) is 8.95. The van der Waals surface area contributed by atoms with E-state index in [1.54, 1.807) is 40.7 Å². The van der Waals surface area contributed by atoms with Crippen molar-refractivity contribution in [3.8, 4) is 5.69 Å². The van der Waals surface area contributed by atoms with E-state index in [0.717, 1.165) is 28.5 Å². The van der Waals surface area contributed by atoms with Crippen molar-refractivity contribution >= 4 is 46.7 Å². The van der Waals surface area contributed by atoms with Gasteiger partial charge in [0, 0.05) is 40.7 Å². The van der Waals surface area contributed by atoms with Gasteiger partial charge in [-0.2, -0.15) is 16.9 Å². The van der Waals surface area contributed by atoms with Gasteiger partial charge < -0.3 is 10.2 Å². The molecule has 158 valence electrons. The Morgan fingerprint density at radius 1 is 1.10 bits per heavy atom. The van der Waals surface area contributed by atoms with E-state index in [-0.39, 0.29) is 30.6 Å². The number of rotatable bonds is 4. The van der Waals surface area contributed by atoms with Gasteiger partial charge in [-0.1, -0.05) is 11.6 Å². The van der Waals surface area contributed by atoms with E-state index in [9.17, 15) is 14.0 Å². The molecule has 9 heteroatoms. The van der Waals surface area contributed by atoms with E-state index < -0.39 is 5.92 Å². The van der Waals surface area contributed by atoms with Crippen LogP contribution in [-0.4, -0.2) is 28.1 Å². The molecule has 0 radical (unpaired) electrons. The molecule has 2 amide bonds. The molecule has 2 aromatic carbocycles. The number of thioether (sulfide) groups is 1. The lowest BCUT2D eigenvalue weighted by Crippen LogP contribution is -2.28. The summed E-state index contributed by atoms with van der Waals surface area (Å²) in [6, 6.07) is 13.0. The summed E-state index contributed by atoms with van der Waals surface area (Å²) in [6.45, 7) is 0.252. The predicted molar refractivity (Wildman–Crippen MR) is 119 cm³/mol. The molecule has 3 heterocycles. The third kappa shape index (κ3) is 3.81. The van der Waals surface area contributed by atoms with Crippen LogP contribution in [0, 0.1) is 11.7 Å². The number of hydrogen-bond acceptors (Lipinski definition) is 4. The van der Waals surface area contributed by atoms with Gasteiger partial charge in [0.25, 0.3) is 0 Å². The Morgan fingerprint density at radius 3 is 2.55 bits per heavy atom. The van der Waals surface area contributed by atoms with E-state index >= 15 is 0 Å². The summed E-state index contributed by atoms with van der Waals surface area (Å²) in [5.74, 6) is 0.942. The first-order valence-electron chi connectivity index (χ1n) is 9.81. The topological polar surface area (TPSA) is 67.2 Å². The number of hydrogen-bond donors (Lipinski definition) is 1. The number of carbonyl (C=O) groups is 2. The molecule has 0 spiro atoms. The standard InChI is InChI=1S/C22H18ClFN4O2S/c23-14-1-5-17(6-2-14)28-21(18-11-31-12-19(18)26-28)25-22(30)13-9-20(29)27(10-13)16-7-3-15(24)4-8-16/h1-8,13H,9-12H2,(H,25,30). The highest BCUT2D eigenvalue weighted by Gasteiger charge is 2.36. The largest absolute Gasteiger partial charge is 0.312 e. The van der Waals surface area contributed by atoms with Crippen molar-refractivity contribution in [1.29, 1.82) is 0 Å². The Bertz CT molecular complexity index is 1160. The Kier molecular flexibility index (Phi) is 5.19. The molecule has 1 atom stereocenters. The molecular weight excluding hydrogens is 439 g/mol. The summed E-state index contributed by atoms with van der Waals surface area (Å²) < 4.78 is 14.9. The second-order valence-electron chi connectivity index (χ2n) is 7.53. The number of benzene rings is 2. The van der Waals surface area contributed by atoms with Crippen LogP contribution >= 0.6 is 23.4 Å². The van der Waals surface area contributed by atoms with Crippen LogP contribution in [0.2, 0.25) is 5.02 Å². The summed E-state index contributed by atoms with van der Waals surface area (Å²) in [7, 11) is 0. The van der Waals surface area contributed by atoms with Crippen molar-refractivity contribution in [1.82, 2.24) is 9.78 Å². The summed E-state index contributed by atoms with van der Waals surface area (Å²) in [5.41, 5.74) is 3.35. The molecule has 1 N–H and O–H groups in total. The third-order valence-electron chi connectivity index (χ3n) is 5.50. The lowest BCUT2D eigenvalue weighted by Gasteiger charge is -2.17. The van der Waals surface area contributed by atoms with Crippen LogP contribution in [-0.2, 0) is 21.1 Å². The van der Waals surface area contributed by atoms with Gasteiger partial charge in [-0.25, -0.2) is 9.07 Å². The lowest BCUT2D eigenvalue weighted by atomic mass is 10.1. The fourth-order valence-corrected chi connectivity index (χ4v) is 5.04. The summed E-state index contributed by atoms with van der Waals surface area (Å²) in [6.07, 6.45) is 0.106. The molecule has 2 aliphatic rings. The van der Waals surface area contributed by atoms with Crippen molar-refractivity contribution in [2.24, 2.45) is 5.92 Å². The number of nitrogens with one attached hydrogen (secondary N) is 1. The molecule has 0 bridgehead atoms. The number of carbonyl (C=O) groups excluding carboxylic acids is 2. The highest BCUT2D eigenvalue weighted by atomic mass is 35.5. The zero-order chi connectivity index (χ0) is 21.5. The lowest BCUT2D eigenvalue weighted by molar-refractivity contribution is -0.122. The molecule has 0 aliphatic carbocycles. The molecule has 0 saturated carbocycles. The fourth-order valence-electron chi connectivity index (χ4n) is 3.88. The van der Waals surface area contributed by atoms with Crippen molar-refractivity contribution in [3.63, 3.8) is 0 Å². The van der Waals surface area contributed by atoms with Gasteiger partial charge in [0.2, 0.25) is 11.8 Å². The Hall–Kier alpha value is -2.84. The van der Waals surface area contributed by atoms with E-state index in [2.05, 4.69) is 10.4 Å². The fraction of sp³-hybridized carbons (Fsp3) is 0.227. The van der Waals surface area contributed by atoms with Gasteiger partial charge in [-0.05, 0) is 48.5 Å². The normalized spacial score (nSPS) is 17.8. The first kappa shape index (κ1) is 20.1. The van der Waals surface area contributed by atoms with Gasteiger partial charge in [0.05, 0.1) is 17.3 Å². The second kappa shape index (κ2) is 8.01. The van der Waals surface area contributed by atoms with Crippen LogP contribution in [0.15, 0.2) is 48.5 Å². The number of fused-ring (bicyclic) bond motifs is 1. The van der Waals surface area contributed by atoms with Crippen LogP contribution in [0.3, 0.4) is 0 Å². The van der Waals surface area contributed by atoms with Crippen LogP contribution in [0.25, 0.3) is 5.69 Å². The molecule has 1 saturated heterocycles. The third-order valence-corrected chi connectivity index (χ3v) is 6.72. The summed E-state index contributed by atoms with van der Waals surface area (Å²) >= 11 is 7.76. The Labute approximate surface area is 187 Å². The van der Waals surface area contributed by atoms with Crippen LogP contribution < -0.4 is 10.2 Å².